The third-order valence-electron chi connectivity index (χ3n) is 4.31. The molecule has 0 aliphatic carbocycles. The van der Waals surface area contributed by atoms with Gasteiger partial charge in [-0.05, 0) is 39.3 Å². The first-order valence-electron chi connectivity index (χ1n) is 9.32. The van der Waals surface area contributed by atoms with Gasteiger partial charge in [-0.3, -0.25) is 0 Å². The second-order valence-corrected chi connectivity index (χ2v) is 6.11. The van der Waals surface area contributed by atoms with Gasteiger partial charge in [-0.25, -0.2) is 4.99 Å². The molecule has 0 amide bonds. The molecule has 0 bridgehead atoms. The lowest BCUT2D eigenvalue weighted by atomic mass is 10.2. The summed E-state index contributed by atoms with van der Waals surface area (Å²) in [6.07, 6.45) is 1.04. The zero-order valence-electron chi connectivity index (χ0n) is 16.8. The largest absolute Gasteiger partial charge is 0.372 e. The van der Waals surface area contributed by atoms with Gasteiger partial charge in [-0.15, -0.1) is 34.2 Å². The van der Waals surface area contributed by atoms with Crippen molar-refractivity contribution in [2.45, 2.75) is 33.7 Å². The number of nitrogens with one attached hydrogen (secondary N) is 2. The molecule has 0 spiro atoms. The van der Waals surface area contributed by atoms with Crippen molar-refractivity contribution in [1.82, 2.24) is 25.4 Å². The molecular formula is C19H32IN7. The highest BCUT2D eigenvalue weighted by molar-refractivity contribution is 14.0. The second-order valence-electron chi connectivity index (χ2n) is 6.11. The molecule has 0 fully saturated rings. The Morgan fingerprint density at radius 2 is 1.89 bits per heavy atom. The van der Waals surface area contributed by atoms with Crippen LogP contribution in [0, 0.1) is 6.92 Å². The smallest absolute Gasteiger partial charge is 0.191 e. The van der Waals surface area contributed by atoms with Crippen molar-refractivity contribution in [3.8, 4) is 0 Å². The number of aryl methyl sites for hydroxylation is 1. The Morgan fingerprint density at radius 1 is 1.15 bits per heavy atom. The van der Waals surface area contributed by atoms with E-state index < -0.39 is 0 Å². The first-order valence-corrected chi connectivity index (χ1v) is 9.32. The fourth-order valence-corrected chi connectivity index (χ4v) is 2.67. The van der Waals surface area contributed by atoms with Crippen LogP contribution in [0.2, 0.25) is 0 Å². The molecule has 150 valence electrons. The monoisotopic (exact) mass is 485 g/mol. The number of hydrogen-bond donors (Lipinski definition) is 2. The molecule has 0 saturated carbocycles. The fraction of sp³-hybridized carbons (Fsp3) is 0.526. The van der Waals surface area contributed by atoms with Gasteiger partial charge in [0.1, 0.15) is 12.4 Å². The highest BCUT2D eigenvalue weighted by atomic mass is 127. The van der Waals surface area contributed by atoms with Crippen LogP contribution in [0.25, 0.3) is 0 Å². The van der Waals surface area contributed by atoms with Gasteiger partial charge >= 0.3 is 0 Å². The molecule has 27 heavy (non-hydrogen) atoms. The lowest BCUT2D eigenvalue weighted by Gasteiger charge is -2.23. The molecule has 0 radical (unpaired) electrons. The number of guanidine groups is 1. The standard InChI is InChI=1S/C19H31N7.HI/c1-5-20-19(22-15-18-24-23-16(3)25(18)4)21-13-10-14-26(6-2)17-11-8-7-9-12-17;/h7-9,11-12H,5-6,10,13-15H2,1-4H3,(H2,20,21,22);1H. The van der Waals surface area contributed by atoms with Crippen LogP contribution in [0.3, 0.4) is 0 Å². The lowest BCUT2D eigenvalue weighted by Crippen LogP contribution is -2.39. The van der Waals surface area contributed by atoms with E-state index in [1.54, 1.807) is 0 Å². The number of hydrogen-bond acceptors (Lipinski definition) is 4. The summed E-state index contributed by atoms with van der Waals surface area (Å²) < 4.78 is 1.96. The van der Waals surface area contributed by atoms with E-state index in [-0.39, 0.29) is 24.0 Å². The Bertz CT molecular complexity index is 685. The fourth-order valence-electron chi connectivity index (χ4n) is 2.67. The Labute approximate surface area is 179 Å². The van der Waals surface area contributed by atoms with Gasteiger partial charge < -0.3 is 20.1 Å². The number of aliphatic imine (C=N–C) groups is 1. The van der Waals surface area contributed by atoms with Gasteiger partial charge in [-0.1, -0.05) is 18.2 Å². The molecular weight excluding hydrogens is 453 g/mol. The number of aromatic nitrogens is 3. The van der Waals surface area contributed by atoms with Crippen molar-refractivity contribution in [1.29, 1.82) is 0 Å². The third kappa shape index (κ3) is 7.36. The predicted octanol–water partition coefficient (Wildman–Crippen LogP) is 2.71. The number of anilines is 1. The first kappa shape index (κ1) is 23.2. The summed E-state index contributed by atoms with van der Waals surface area (Å²) in [4.78, 5) is 6.99. The van der Waals surface area contributed by atoms with E-state index in [2.05, 4.69) is 74.9 Å². The highest BCUT2D eigenvalue weighted by Gasteiger charge is 2.06. The zero-order chi connectivity index (χ0) is 18.8. The minimum absolute atomic E-state index is 0. The number of rotatable bonds is 9. The van der Waals surface area contributed by atoms with Crippen LogP contribution in [-0.4, -0.2) is 46.9 Å². The van der Waals surface area contributed by atoms with Gasteiger partial charge in [0.25, 0.3) is 0 Å². The van der Waals surface area contributed by atoms with Crippen molar-refractivity contribution in [3.63, 3.8) is 0 Å². The van der Waals surface area contributed by atoms with Crippen LogP contribution < -0.4 is 15.5 Å². The van der Waals surface area contributed by atoms with Crippen LogP contribution in [0.4, 0.5) is 5.69 Å². The molecule has 2 rings (SSSR count). The van der Waals surface area contributed by atoms with E-state index >= 15 is 0 Å². The number of halogens is 1. The summed E-state index contributed by atoms with van der Waals surface area (Å²) in [6.45, 7) is 10.4. The average molecular weight is 485 g/mol. The zero-order valence-corrected chi connectivity index (χ0v) is 19.1. The van der Waals surface area contributed by atoms with Gasteiger partial charge in [0.05, 0.1) is 0 Å². The molecule has 1 aromatic carbocycles. The maximum Gasteiger partial charge on any atom is 0.191 e. The maximum absolute atomic E-state index is 4.61. The summed E-state index contributed by atoms with van der Waals surface area (Å²) in [6, 6.07) is 10.5. The molecule has 0 aliphatic heterocycles. The van der Waals surface area contributed by atoms with Crippen molar-refractivity contribution in [2.75, 3.05) is 31.1 Å². The minimum atomic E-state index is 0. The van der Waals surface area contributed by atoms with Gasteiger partial charge in [0.15, 0.2) is 11.8 Å². The normalized spacial score (nSPS) is 11.0. The average Bonchev–Trinajstić information content (AvgIpc) is 2.98. The first-order chi connectivity index (χ1) is 12.7. The van der Waals surface area contributed by atoms with Crippen molar-refractivity contribution >= 4 is 35.6 Å². The summed E-state index contributed by atoms with van der Waals surface area (Å²) in [5.41, 5.74) is 1.27. The number of para-hydroxylation sites is 1. The Balaban J connectivity index is 0.00000364. The molecule has 2 N–H and O–H groups in total. The highest BCUT2D eigenvalue weighted by Crippen LogP contribution is 2.12. The van der Waals surface area contributed by atoms with Crippen LogP contribution >= 0.6 is 24.0 Å². The summed E-state index contributed by atoms with van der Waals surface area (Å²) in [7, 11) is 1.96. The molecule has 0 unspecified atom stereocenters. The van der Waals surface area contributed by atoms with Crippen molar-refractivity contribution < 1.29 is 0 Å². The van der Waals surface area contributed by atoms with E-state index in [4.69, 9.17) is 0 Å². The van der Waals surface area contributed by atoms with Crippen LogP contribution in [0.5, 0.6) is 0 Å². The van der Waals surface area contributed by atoms with E-state index in [9.17, 15) is 0 Å². The lowest BCUT2D eigenvalue weighted by molar-refractivity contribution is 0.705. The summed E-state index contributed by atoms with van der Waals surface area (Å²) >= 11 is 0. The molecule has 0 aliphatic rings. The van der Waals surface area contributed by atoms with E-state index in [0.717, 1.165) is 50.2 Å². The van der Waals surface area contributed by atoms with Crippen LogP contribution in [0.1, 0.15) is 31.9 Å². The van der Waals surface area contributed by atoms with Crippen molar-refractivity contribution in [2.24, 2.45) is 12.0 Å². The van der Waals surface area contributed by atoms with Crippen LogP contribution in [-0.2, 0) is 13.6 Å². The maximum atomic E-state index is 4.61. The van der Waals surface area contributed by atoms with E-state index in [0.29, 0.717) is 6.54 Å². The summed E-state index contributed by atoms with van der Waals surface area (Å²) in [5, 5.41) is 14.9. The molecule has 1 aromatic heterocycles. The predicted molar refractivity (Wildman–Crippen MR) is 123 cm³/mol. The molecule has 0 atom stereocenters. The summed E-state index contributed by atoms with van der Waals surface area (Å²) in [5.74, 6) is 2.57. The van der Waals surface area contributed by atoms with Crippen molar-refractivity contribution in [3.05, 3.63) is 42.0 Å². The Hall–Kier alpha value is -1.84. The molecule has 8 heteroatoms. The SMILES string of the molecule is CCNC(=NCc1nnc(C)n1C)NCCCN(CC)c1ccccc1.I. The van der Waals surface area contributed by atoms with Gasteiger partial charge in [0, 0.05) is 38.9 Å². The van der Waals surface area contributed by atoms with Gasteiger partial charge in [-0.2, -0.15) is 0 Å². The Morgan fingerprint density at radius 3 is 2.48 bits per heavy atom. The molecule has 0 saturated heterocycles. The van der Waals surface area contributed by atoms with E-state index in [1.165, 1.54) is 5.69 Å². The minimum Gasteiger partial charge on any atom is -0.372 e. The van der Waals surface area contributed by atoms with E-state index in [1.807, 2.05) is 18.5 Å². The molecule has 7 nitrogen and oxygen atoms in total. The van der Waals surface area contributed by atoms with Crippen LogP contribution in [0.15, 0.2) is 35.3 Å². The third-order valence-corrected chi connectivity index (χ3v) is 4.31. The number of nitrogens with zero attached hydrogens (tertiary/aromatic N) is 5. The number of benzene rings is 1. The van der Waals surface area contributed by atoms with Gasteiger partial charge in [0.2, 0.25) is 0 Å². The molecule has 1 heterocycles. The molecule has 2 aromatic rings. The topological polar surface area (TPSA) is 70.4 Å². The second kappa shape index (κ2) is 12.5. The Kier molecular flexibility index (Phi) is 10.8. The quantitative estimate of drug-likeness (QED) is 0.248.